The van der Waals surface area contributed by atoms with E-state index in [1.165, 1.54) is 12.5 Å². The molecule has 2 aromatic heterocycles. The van der Waals surface area contributed by atoms with Gasteiger partial charge in [0.25, 0.3) is 0 Å². The van der Waals surface area contributed by atoms with Crippen molar-refractivity contribution in [2.24, 2.45) is 0 Å². The Morgan fingerprint density at radius 2 is 2.00 bits per heavy atom. The summed E-state index contributed by atoms with van der Waals surface area (Å²) in [5.41, 5.74) is 2.73. The maximum Gasteiger partial charge on any atom is 0.345 e. The quantitative estimate of drug-likeness (QED) is 0.727. The normalized spacial score (nSPS) is 10.6. The first-order valence-electron chi connectivity index (χ1n) is 5.77. The summed E-state index contributed by atoms with van der Waals surface area (Å²) in [7, 11) is 0. The fraction of sp³-hybridized carbons (Fsp3) is 0.0769. The Bertz CT molecular complexity index is 796. The van der Waals surface area contributed by atoms with Crippen LogP contribution in [0.5, 0.6) is 0 Å². The van der Waals surface area contributed by atoms with Crippen molar-refractivity contribution in [3.05, 3.63) is 52.8 Å². The van der Waals surface area contributed by atoms with Crippen LogP contribution in [-0.4, -0.2) is 19.9 Å². The van der Waals surface area contributed by atoms with Gasteiger partial charge in [-0.05, 0) is 18.6 Å². The zero-order chi connectivity index (χ0) is 13.2. The van der Waals surface area contributed by atoms with Crippen molar-refractivity contribution in [1.82, 2.24) is 19.9 Å². The van der Waals surface area contributed by atoms with Gasteiger partial charge in [-0.2, -0.15) is 4.98 Å². The molecular formula is C13H11N5O. The average Bonchev–Trinajstić information content (AvgIpc) is 2.42. The lowest BCUT2D eigenvalue weighted by atomic mass is 10.2. The first-order valence-corrected chi connectivity index (χ1v) is 5.77. The van der Waals surface area contributed by atoms with Crippen LogP contribution in [0.15, 0.2) is 41.6 Å². The van der Waals surface area contributed by atoms with Gasteiger partial charge < -0.3 is 10.3 Å². The standard InChI is InChI=1S/C13H11N5O/c1-8-4-2-3-5-9(8)17-12-11-10(15-7-16-12)6-14-13(19)18-11/h2-7H,1H3,(H,14,18,19)(H,15,16,17). The third-order valence-electron chi connectivity index (χ3n) is 2.81. The third-order valence-corrected chi connectivity index (χ3v) is 2.81. The van der Waals surface area contributed by atoms with E-state index in [1.54, 1.807) is 0 Å². The number of para-hydroxylation sites is 1. The van der Waals surface area contributed by atoms with Gasteiger partial charge in [-0.15, -0.1) is 0 Å². The monoisotopic (exact) mass is 253 g/mol. The number of aromatic amines is 1. The van der Waals surface area contributed by atoms with Crippen molar-refractivity contribution in [2.75, 3.05) is 5.32 Å². The molecule has 0 aliphatic rings. The Labute approximate surface area is 108 Å². The van der Waals surface area contributed by atoms with E-state index in [9.17, 15) is 4.79 Å². The predicted octanol–water partition coefficient (Wildman–Crippen LogP) is 1.77. The van der Waals surface area contributed by atoms with Crippen molar-refractivity contribution in [3.63, 3.8) is 0 Å². The molecule has 1 aromatic carbocycles. The second-order valence-electron chi connectivity index (χ2n) is 4.11. The Hall–Kier alpha value is -2.76. The minimum atomic E-state index is -0.421. The number of aryl methyl sites for hydroxylation is 1. The second kappa shape index (κ2) is 4.49. The van der Waals surface area contributed by atoms with Crippen molar-refractivity contribution >= 4 is 22.5 Å². The number of fused-ring (bicyclic) bond motifs is 1. The van der Waals surface area contributed by atoms with Crippen molar-refractivity contribution in [3.8, 4) is 0 Å². The Morgan fingerprint density at radius 3 is 2.84 bits per heavy atom. The molecule has 0 atom stereocenters. The van der Waals surface area contributed by atoms with Gasteiger partial charge in [0.1, 0.15) is 17.4 Å². The Kier molecular flexibility index (Phi) is 2.68. The van der Waals surface area contributed by atoms with E-state index in [1.807, 2.05) is 31.2 Å². The van der Waals surface area contributed by atoms with Crippen LogP contribution in [0, 0.1) is 6.92 Å². The van der Waals surface area contributed by atoms with Crippen LogP contribution in [0.4, 0.5) is 11.5 Å². The van der Waals surface area contributed by atoms with Crippen LogP contribution < -0.4 is 11.0 Å². The van der Waals surface area contributed by atoms with Gasteiger partial charge in [-0.1, -0.05) is 18.2 Å². The van der Waals surface area contributed by atoms with E-state index in [-0.39, 0.29) is 0 Å². The summed E-state index contributed by atoms with van der Waals surface area (Å²) in [6, 6.07) is 7.84. The summed E-state index contributed by atoms with van der Waals surface area (Å²) in [6.07, 6.45) is 2.86. The fourth-order valence-electron chi connectivity index (χ4n) is 1.81. The van der Waals surface area contributed by atoms with Crippen LogP contribution in [0.2, 0.25) is 0 Å². The van der Waals surface area contributed by atoms with Gasteiger partial charge in [0.15, 0.2) is 5.82 Å². The molecule has 0 fully saturated rings. The molecule has 19 heavy (non-hydrogen) atoms. The predicted molar refractivity (Wildman–Crippen MR) is 72.4 cm³/mol. The largest absolute Gasteiger partial charge is 0.345 e. The zero-order valence-corrected chi connectivity index (χ0v) is 10.2. The molecule has 3 aromatic rings. The summed E-state index contributed by atoms with van der Waals surface area (Å²) < 4.78 is 0. The van der Waals surface area contributed by atoms with E-state index in [0.717, 1.165) is 11.3 Å². The maximum absolute atomic E-state index is 11.3. The number of hydrogen-bond donors (Lipinski definition) is 2. The summed E-state index contributed by atoms with van der Waals surface area (Å²) in [6.45, 7) is 2.00. The van der Waals surface area contributed by atoms with Gasteiger partial charge in [0, 0.05) is 5.69 Å². The van der Waals surface area contributed by atoms with E-state index in [2.05, 4.69) is 25.3 Å². The van der Waals surface area contributed by atoms with Crippen LogP contribution in [0.3, 0.4) is 0 Å². The lowest BCUT2D eigenvalue weighted by Gasteiger charge is -2.09. The number of nitrogens with one attached hydrogen (secondary N) is 2. The molecule has 3 rings (SSSR count). The molecule has 6 heteroatoms. The number of rotatable bonds is 2. The molecule has 0 saturated carbocycles. The van der Waals surface area contributed by atoms with Gasteiger partial charge >= 0.3 is 5.69 Å². The third kappa shape index (κ3) is 2.15. The average molecular weight is 253 g/mol. The molecule has 0 unspecified atom stereocenters. The van der Waals surface area contributed by atoms with Crippen LogP contribution >= 0.6 is 0 Å². The molecule has 94 valence electrons. The first kappa shape index (κ1) is 11.3. The van der Waals surface area contributed by atoms with Gasteiger partial charge in [-0.25, -0.2) is 14.8 Å². The zero-order valence-electron chi connectivity index (χ0n) is 10.2. The minimum absolute atomic E-state index is 0.421. The smallest absolute Gasteiger partial charge is 0.338 e. The first-order chi connectivity index (χ1) is 9.24. The Morgan fingerprint density at radius 1 is 1.16 bits per heavy atom. The summed E-state index contributed by atoms with van der Waals surface area (Å²) >= 11 is 0. The molecule has 0 radical (unpaired) electrons. The summed E-state index contributed by atoms with van der Waals surface area (Å²) in [5, 5.41) is 3.19. The molecule has 0 aliphatic carbocycles. The van der Waals surface area contributed by atoms with E-state index in [0.29, 0.717) is 16.9 Å². The molecule has 0 saturated heterocycles. The molecular weight excluding hydrogens is 242 g/mol. The number of aromatic nitrogens is 4. The van der Waals surface area contributed by atoms with Crippen molar-refractivity contribution in [2.45, 2.75) is 6.92 Å². The fourth-order valence-corrected chi connectivity index (χ4v) is 1.81. The molecule has 0 spiro atoms. The second-order valence-corrected chi connectivity index (χ2v) is 4.11. The van der Waals surface area contributed by atoms with Crippen molar-refractivity contribution in [1.29, 1.82) is 0 Å². The van der Waals surface area contributed by atoms with E-state index in [4.69, 9.17) is 0 Å². The Balaban J connectivity index is 2.13. The van der Waals surface area contributed by atoms with Gasteiger partial charge in [0.05, 0.1) is 6.20 Å². The highest BCUT2D eigenvalue weighted by atomic mass is 16.1. The summed E-state index contributed by atoms with van der Waals surface area (Å²) in [4.78, 5) is 25.8. The number of benzene rings is 1. The SMILES string of the molecule is Cc1ccccc1Nc1ncnc2cnc(=O)[nH]c12. The number of H-pyrrole nitrogens is 1. The highest BCUT2D eigenvalue weighted by Crippen LogP contribution is 2.21. The maximum atomic E-state index is 11.3. The molecule has 2 N–H and O–H groups in total. The minimum Gasteiger partial charge on any atom is -0.338 e. The van der Waals surface area contributed by atoms with Crippen LogP contribution in [0.1, 0.15) is 5.56 Å². The van der Waals surface area contributed by atoms with E-state index >= 15 is 0 Å². The molecule has 0 aliphatic heterocycles. The lowest BCUT2D eigenvalue weighted by molar-refractivity contribution is 1.09. The number of nitrogens with zero attached hydrogens (tertiary/aromatic N) is 3. The van der Waals surface area contributed by atoms with E-state index < -0.39 is 5.69 Å². The molecule has 2 heterocycles. The van der Waals surface area contributed by atoms with Gasteiger partial charge in [-0.3, -0.25) is 0 Å². The van der Waals surface area contributed by atoms with Gasteiger partial charge in [0.2, 0.25) is 0 Å². The number of anilines is 2. The van der Waals surface area contributed by atoms with Crippen LogP contribution in [0.25, 0.3) is 11.0 Å². The van der Waals surface area contributed by atoms with Crippen LogP contribution in [-0.2, 0) is 0 Å². The molecule has 6 nitrogen and oxygen atoms in total. The summed E-state index contributed by atoms with van der Waals surface area (Å²) in [5.74, 6) is 0.554. The molecule has 0 bridgehead atoms. The highest BCUT2D eigenvalue weighted by Gasteiger charge is 2.06. The molecule has 0 amide bonds. The number of hydrogen-bond acceptors (Lipinski definition) is 5. The highest BCUT2D eigenvalue weighted by molar-refractivity contribution is 5.86. The lowest BCUT2D eigenvalue weighted by Crippen LogP contribution is -2.11. The topological polar surface area (TPSA) is 83.6 Å². The van der Waals surface area contributed by atoms with Crippen molar-refractivity contribution < 1.29 is 0 Å².